The van der Waals surface area contributed by atoms with Crippen molar-refractivity contribution in [1.82, 2.24) is 9.97 Å². The quantitative estimate of drug-likeness (QED) is 0.672. The van der Waals surface area contributed by atoms with Gasteiger partial charge in [0.2, 0.25) is 5.75 Å². The second-order valence-electron chi connectivity index (χ2n) is 2.77. The molecule has 1 aromatic rings. The standard InChI is InChI=1S/C9H16N4O2/c1-10-8-7(15-3)9(13-6-12-8)11-4-5-14-2/h6H,4-5H2,1-3H3,(H2,10,11,12,13). The van der Waals surface area contributed by atoms with Crippen molar-refractivity contribution in [3.05, 3.63) is 6.33 Å². The molecule has 0 unspecified atom stereocenters. The van der Waals surface area contributed by atoms with Crippen LogP contribution in [0.3, 0.4) is 0 Å². The second-order valence-corrected chi connectivity index (χ2v) is 2.77. The fraction of sp³-hybridized carbons (Fsp3) is 0.556. The van der Waals surface area contributed by atoms with E-state index in [1.807, 2.05) is 0 Å². The molecule has 1 rings (SSSR count). The first-order chi connectivity index (χ1) is 7.33. The minimum absolute atomic E-state index is 0.608. The van der Waals surface area contributed by atoms with Gasteiger partial charge in [-0.1, -0.05) is 0 Å². The van der Waals surface area contributed by atoms with Crippen molar-refractivity contribution in [2.45, 2.75) is 0 Å². The molecular weight excluding hydrogens is 196 g/mol. The Morgan fingerprint density at radius 3 is 2.60 bits per heavy atom. The summed E-state index contributed by atoms with van der Waals surface area (Å²) in [4.78, 5) is 8.13. The van der Waals surface area contributed by atoms with E-state index in [2.05, 4.69) is 20.6 Å². The lowest BCUT2D eigenvalue weighted by Gasteiger charge is -2.12. The molecule has 1 heterocycles. The number of nitrogens with zero attached hydrogens (tertiary/aromatic N) is 2. The fourth-order valence-corrected chi connectivity index (χ4v) is 1.14. The monoisotopic (exact) mass is 212 g/mol. The van der Waals surface area contributed by atoms with Crippen LogP contribution in [-0.4, -0.2) is 44.4 Å². The summed E-state index contributed by atoms with van der Waals surface area (Å²) in [7, 11) is 5.02. The van der Waals surface area contributed by atoms with Crippen LogP contribution in [0, 0.1) is 0 Å². The van der Waals surface area contributed by atoms with Crippen LogP contribution in [0.5, 0.6) is 5.75 Å². The Morgan fingerprint density at radius 2 is 2.00 bits per heavy atom. The minimum Gasteiger partial charge on any atom is -0.490 e. The first-order valence-electron chi connectivity index (χ1n) is 4.63. The van der Waals surface area contributed by atoms with Crippen LogP contribution in [0.1, 0.15) is 0 Å². The van der Waals surface area contributed by atoms with Crippen LogP contribution >= 0.6 is 0 Å². The average Bonchev–Trinajstić information content (AvgIpc) is 2.29. The number of aromatic nitrogens is 2. The Balaban J connectivity index is 2.76. The largest absolute Gasteiger partial charge is 0.490 e. The summed E-state index contributed by atoms with van der Waals surface area (Å²) in [5.41, 5.74) is 0. The van der Waals surface area contributed by atoms with E-state index in [0.29, 0.717) is 30.5 Å². The molecule has 0 aromatic carbocycles. The van der Waals surface area contributed by atoms with Crippen LogP contribution in [-0.2, 0) is 4.74 Å². The SMILES string of the molecule is CNc1ncnc(NCCOC)c1OC. The highest BCUT2D eigenvalue weighted by atomic mass is 16.5. The van der Waals surface area contributed by atoms with Gasteiger partial charge in [-0.2, -0.15) is 0 Å². The van der Waals surface area contributed by atoms with Crippen LogP contribution in [0.25, 0.3) is 0 Å². The highest BCUT2D eigenvalue weighted by Gasteiger charge is 2.09. The molecule has 0 aliphatic heterocycles. The molecule has 6 heteroatoms. The van der Waals surface area contributed by atoms with Crippen molar-refractivity contribution < 1.29 is 9.47 Å². The number of hydrogen-bond donors (Lipinski definition) is 2. The van der Waals surface area contributed by atoms with Crippen molar-refractivity contribution in [2.24, 2.45) is 0 Å². The Labute approximate surface area is 89.0 Å². The van der Waals surface area contributed by atoms with E-state index in [0.717, 1.165) is 0 Å². The minimum atomic E-state index is 0.608. The van der Waals surface area contributed by atoms with Crippen molar-refractivity contribution in [3.63, 3.8) is 0 Å². The molecule has 0 saturated heterocycles. The van der Waals surface area contributed by atoms with Gasteiger partial charge in [0.25, 0.3) is 0 Å². The third-order valence-electron chi connectivity index (χ3n) is 1.84. The second kappa shape index (κ2) is 6.02. The zero-order valence-corrected chi connectivity index (χ0v) is 9.20. The molecule has 0 bridgehead atoms. The molecule has 0 radical (unpaired) electrons. The first-order valence-corrected chi connectivity index (χ1v) is 4.63. The van der Waals surface area contributed by atoms with Crippen molar-refractivity contribution in [1.29, 1.82) is 0 Å². The summed E-state index contributed by atoms with van der Waals surface area (Å²) in [5.74, 6) is 1.93. The van der Waals surface area contributed by atoms with Gasteiger partial charge in [-0.25, -0.2) is 9.97 Å². The number of methoxy groups -OCH3 is 2. The van der Waals surface area contributed by atoms with E-state index >= 15 is 0 Å². The molecule has 0 amide bonds. The van der Waals surface area contributed by atoms with Crippen LogP contribution in [0.4, 0.5) is 11.6 Å². The number of hydrogen-bond acceptors (Lipinski definition) is 6. The molecular formula is C9H16N4O2. The summed E-state index contributed by atoms with van der Waals surface area (Å²) in [5, 5.41) is 6.03. The van der Waals surface area contributed by atoms with E-state index in [4.69, 9.17) is 9.47 Å². The normalized spacial score (nSPS) is 9.80. The van der Waals surface area contributed by atoms with E-state index < -0.39 is 0 Å². The molecule has 0 fully saturated rings. The molecule has 6 nitrogen and oxygen atoms in total. The highest BCUT2D eigenvalue weighted by Crippen LogP contribution is 2.27. The third-order valence-corrected chi connectivity index (χ3v) is 1.84. The number of nitrogens with one attached hydrogen (secondary N) is 2. The van der Waals surface area contributed by atoms with Crippen LogP contribution in [0.2, 0.25) is 0 Å². The number of ether oxygens (including phenoxy) is 2. The molecule has 0 spiro atoms. The van der Waals surface area contributed by atoms with Gasteiger partial charge >= 0.3 is 0 Å². The maximum Gasteiger partial charge on any atom is 0.204 e. The molecule has 15 heavy (non-hydrogen) atoms. The smallest absolute Gasteiger partial charge is 0.204 e. The van der Waals surface area contributed by atoms with Gasteiger partial charge in [0.05, 0.1) is 13.7 Å². The zero-order chi connectivity index (χ0) is 11.1. The van der Waals surface area contributed by atoms with E-state index in [9.17, 15) is 0 Å². The lowest BCUT2D eigenvalue weighted by atomic mass is 10.4. The summed E-state index contributed by atoms with van der Waals surface area (Å²) in [6.07, 6.45) is 1.48. The average molecular weight is 212 g/mol. The summed E-state index contributed by atoms with van der Waals surface area (Å²) in [6, 6.07) is 0. The Hall–Kier alpha value is -1.56. The predicted octanol–water partition coefficient (Wildman–Crippen LogP) is 0.585. The van der Waals surface area contributed by atoms with E-state index in [-0.39, 0.29) is 0 Å². The molecule has 0 aliphatic rings. The van der Waals surface area contributed by atoms with Gasteiger partial charge < -0.3 is 20.1 Å². The van der Waals surface area contributed by atoms with Gasteiger partial charge in [0.1, 0.15) is 6.33 Å². The summed E-state index contributed by atoms with van der Waals surface area (Å²) < 4.78 is 10.1. The van der Waals surface area contributed by atoms with Gasteiger partial charge in [0.15, 0.2) is 11.6 Å². The lowest BCUT2D eigenvalue weighted by Crippen LogP contribution is -2.11. The topological polar surface area (TPSA) is 68.3 Å². The van der Waals surface area contributed by atoms with E-state index in [1.165, 1.54) is 6.33 Å². The zero-order valence-electron chi connectivity index (χ0n) is 9.20. The fourth-order valence-electron chi connectivity index (χ4n) is 1.14. The summed E-state index contributed by atoms with van der Waals surface area (Å²) in [6.45, 7) is 1.29. The molecule has 84 valence electrons. The van der Waals surface area contributed by atoms with Crippen molar-refractivity contribution in [3.8, 4) is 5.75 Å². The summed E-state index contributed by atoms with van der Waals surface area (Å²) >= 11 is 0. The molecule has 0 atom stereocenters. The number of rotatable bonds is 6. The maximum absolute atomic E-state index is 5.21. The number of anilines is 2. The molecule has 1 aromatic heterocycles. The third kappa shape index (κ3) is 2.95. The molecule has 0 saturated carbocycles. The van der Waals surface area contributed by atoms with Gasteiger partial charge in [-0.15, -0.1) is 0 Å². The first kappa shape index (κ1) is 11.5. The Kier molecular flexibility index (Phi) is 4.62. The van der Waals surface area contributed by atoms with E-state index in [1.54, 1.807) is 21.3 Å². The van der Waals surface area contributed by atoms with Crippen LogP contribution < -0.4 is 15.4 Å². The molecule has 0 aliphatic carbocycles. The Morgan fingerprint density at radius 1 is 1.27 bits per heavy atom. The predicted molar refractivity (Wildman–Crippen MR) is 58.5 cm³/mol. The van der Waals surface area contributed by atoms with Crippen molar-refractivity contribution in [2.75, 3.05) is 45.1 Å². The maximum atomic E-state index is 5.21. The van der Waals surface area contributed by atoms with Gasteiger partial charge in [-0.3, -0.25) is 0 Å². The van der Waals surface area contributed by atoms with Gasteiger partial charge in [0, 0.05) is 20.7 Å². The molecule has 2 N–H and O–H groups in total. The Bertz CT molecular complexity index is 306. The van der Waals surface area contributed by atoms with Crippen LogP contribution in [0.15, 0.2) is 6.33 Å². The van der Waals surface area contributed by atoms with Crippen molar-refractivity contribution >= 4 is 11.6 Å². The van der Waals surface area contributed by atoms with Gasteiger partial charge in [-0.05, 0) is 0 Å². The lowest BCUT2D eigenvalue weighted by molar-refractivity contribution is 0.210. The highest BCUT2D eigenvalue weighted by molar-refractivity contribution is 5.63.